The third-order valence-electron chi connectivity index (χ3n) is 4.88. The van der Waals surface area contributed by atoms with Crippen molar-refractivity contribution in [2.75, 3.05) is 18.4 Å². The van der Waals surface area contributed by atoms with Crippen molar-refractivity contribution in [2.24, 2.45) is 5.92 Å². The van der Waals surface area contributed by atoms with Crippen LogP contribution in [0, 0.1) is 5.92 Å². The lowest BCUT2D eigenvalue weighted by molar-refractivity contribution is -0.138. The fourth-order valence-corrected chi connectivity index (χ4v) is 3.33. The quantitative estimate of drug-likeness (QED) is 0.757. The highest BCUT2D eigenvalue weighted by molar-refractivity contribution is 5.91. The largest absolute Gasteiger partial charge is 0.480 e. The number of nitrogens with zero attached hydrogens (tertiary/aromatic N) is 3. The summed E-state index contributed by atoms with van der Waals surface area (Å²) >= 11 is 0. The molecule has 1 aromatic carbocycles. The molecule has 1 saturated heterocycles. The standard InChI is InChI=1S/C20H24N4O4/c25-18(7-6-15-4-2-1-3-5-15)23-11-8-16(9-12-23)20(28)21-17-10-13-24(22-17)14-19(26)27/h1-5,10,13,16H,6-9,11-12,14H2,(H,26,27)(H,21,22,28). The zero-order valence-corrected chi connectivity index (χ0v) is 15.6. The van der Waals surface area contributed by atoms with Crippen molar-refractivity contribution in [1.82, 2.24) is 14.7 Å². The van der Waals surface area contributed by atoms with Crippen molar-refractivity contribution in [1.29, 1.82) is 0 Å². The van der Waals surface area contributed by atoms with Gasteiger partial charge in [0, 0.05) is 37.7 Å². The number of aliphatic carboxylic acids is 1. The number of anilines is 1. The van der Waals surface area contributed by atoms with Crippen LogP contribution in [0.2, 0.25) is 0 Å². The number of aromatic nitrogens is 2. The average molecular weight is 384 g/mol. The SMILES string of the molecule is O=C(O)Cn1ccc(NC(=O)C2CCN(C(=O)CCc3ccccc3)CC2)n1. The third kappa shape index (κ3) is 5.42. The molecule has 2 N–H and O–H groups in total. The molecule has 0 bridgehead atoms. The summed E-state index contributed by atoms with van der Waals surface area (Å²) in [4.78, 5) is 37.3. The number of piperidine rings is 1. The van der Waals surface area contributed by atoms with E-state index in [0.29, 0.717) is 38.2 Å². The van der Waals surface area contributed by atoms with E-state index in [9.17, 15) is 14.4 Å². The van der Waals surface area contributed by atoms with Crippen LogP contribution >= 0.6 is 0 Å². The Hall–Kier alpha value is -3.16. The van der Waals surface area contributed by atoms with Crippen molar-refractivity contribution in [3.63, 3.8) is 0 Å². The van der Waals surface area contributed by atoms with Gasteiger partial charge in [-0.05, 0) is 24.8 Å². The predicted octanol–water partition coefficient (Wildman–Crippen LogP) is 1.78. The molecular weight excluding hydrogens is 360 g/mol. The van der Waals surface area contributed by atoms with Gasteiger partial charge in [0.15, 0.2) is 5.82 Å². The third-order valence-corrected chi connectivity index (χ3v) is 4.88. The number of aryl methyl sites for hydroxylation is 1. The van der Waals surface area contributed by atoms with Gasteiger partial charge < -0.3 is 15.3 Å². The number of amides is 2. The van der Waals surface area contributed by atoms with Gasteiger partial charge in [-0.1, -0.05) is 30.3 Å². The van der Waals surface area contributed by atoms with Gasteiger partial charge in [-0.3, -0.25) is 19.1 Å². The summed E-state index contributed by atoms with van der Waals surface area (Å²) in [5.74, 6) is -0.854. The molecular formula is C20H24N4O4. The fourth-order valence-electron chi connectivity index (χ4n) is 3.33. The number of nitrogens with one attached hydrogen (secondary N) is 1. The Kier molecular flexibility index (Phi) is 6.41. The average Bonchev–Trinajstić information content (AvgIpc) is 3.13. The van der Waals surface area contributed by atoms with Crippen LogP contribution in [0.5, 0.6) is 0 Å². The molecule has 1 fully saturated rings. The minimum absolute atomic E-state index is 0.120. The van der Waals surface area contributed by atoms with Crippen LogP contribution in [0.3, 0.4) is 0 Å². The second-order valence-corrected chi connectivity index (χ2v) is 6.92. The lowest BCUT2D eigenvalue weighted by Gasteiger charge is -2.31. The first-order valence-electron chi connectivity index (χ1n) is 9.39. The van der Waals surface area contributed by atoms with Crippen molar-refractivity contribution < 1.29 is 19.5 Å². The first-order chi connectivity index (χ1) is 13.5. The summed E-state index contributed by atoms with van der Waals surface area (Å²) in [6.45, 7) is 0.887. The van der Waals surface area contributed by atoms with Gasteiger partial charge in [0.25, 0.3) is 0 Å². The van der Waals surface area contributed by atoms with Crippen molar-refractivity contribution in [3.8, 4) is 0 Å². The van der Waals surface area contributed by atoms with E-state index in [-0.39, 0.29) is 24.3 Å². The van der Waals surface area contributed by atoms with Crippen LogP contribution < -0.4 is 5.32 Å². The summed E-state index contributed by atoms with van der Waals surface area (Å²) in [7, 11) is 0. The van der Waals surface area contributed by atoms with E-state index in [0.717, 1.165) is 12.0 Å². The second kappa shape index (κ2) is 9.16. The van der Waals surface area contributed by atoms with Gasteiger partial charge in [0.05, 0.1) is 0 Å². The molecule has 0 atom stereocenters. The van der Waals surface area contributed by atoms with E-state index in [1.807, 2.05) is 35.2 Å². The smallest absolute Gasteiger partial charge is 0.325 e. The summed E-state index contributed by atoms with van der Waals surface area (Å²) in [5.41, 5.74) is 1.15. The Morgan fingerprint density at radius 1 is 1.11 bits per heavy atom. The molecule has 3 rings (SSSR count). The Bertz CT molecular complexity index is 826. The summed E-state index contributed by atoms with van der Waals surface area (Å²) < 4.78 is 1.26. The van der Waals surface area contributed by atoms with Crippen LogP contribution in [0.1, 0.15) is 24.8 Å². The number of carbonyl (C=O) groups is 3. The molecule has 2 heterocycles. The molecule has 2 aromatic rings. The van der Waals surface area contributed by atoms with E-state index in [4.69, 9.17) is 5.11 Å². The molecule has 0 spiro atoms. The van der Waals surface area contributed by atoms with E-state index in [1.54, 1.807) is 6.07 Å². The Labute approximate surface area is 163 Å². The highest BCUT2D eigenvalue weighted by Crippen LogP contribution is 2.20. The molecule has 8 nitrogen and oxygen atoms in total. The maximum absolute atomic E-state index is 12.4. The fraction of sp³-hybridized carbons (Fsp3) is 0.400. The minimum atomic E-state index is -0.995. The van der Waals surface area contributed by atoms with E-state index >= 15 is 0 Å². The number of hydrogen-bond acceptors (Lipinski definition) is 4. The van der Waals surface area contributed by atoms with Gasteiger partial charge in [-0.25, -0.2) is 0 Å². The van der Waals surface area contributed by atoms with E-state index in [2.05, 4.69) is 10.4 Å². The van der Waals surface area contributed by atoms with Crippen molar-refractivity contribution >= 4 is 23.6 Å². The molecule has 0 saturated carbocycles. The first-order valence-corrected chi connectivity index (χ1v) is 9.39. The molecule has 0 aliphatic carbocycles. The van der Waals surface area contributed by atoms with E-state index < -0.39 is 5.97 Å². The molecule has 2 amide bonds. The number of carboxylic acids is 1. The van der Waals surface area contributed by atoms with Crippen LogP contribution in [0.15, 0.2) is 42.6 Å². The molecule has 1 aromatic heterocycles. The van der Waals surface area contributed by atoms with Crippen LogP contribution in [0.25, 0.3) is 0 Å². The topological polar surface area (TPSA) is 105 Å². The van der Waals surface area contributed by atoms with Crippen LogP contribution in [0.4, 0.5) is 5.82 Å². The number of carboxylic acid groups (broad SMARTS) is 1. The number of rotatable bonds is 7. The summed E-state index contributed by atoms with van der Waals surface area (Å²) in [6.07, 6.45) is 3.93. The Balaban J connectivity index is 1.42. The second-order valence-electron chi connectivity index (χ2n) is 6.92. The molecule has 1 aliphatic rings. The molecule has 1 aliphatic heterocycles. The van der Waals surface area contributed by atoms with Crippen LogP contribution in [-0.2, 0) is 27.3 Å². The van der Waals surface area contributed by atoms with Gasteiger partial charge in [0.1, 0.15) is 6.54 Å². The highest BCUT2D eigenvalue weighted by atomic mass is 16.4. The molecule has 148 valence electrons. The number of hydrogen-bond donors (Lipinski definition) is 2. The van der Waals surface area contributed by atoms with E-state index in [1.165, 1.54) is 10.9 Å². The first kappa shape index (κ1) is 19.6. The molecule has 0 unspecified atom stereocenters. The van der Waals surface area contributed by atoms with Gasteiger partial charge >= 0.3 is 5.97 Å². The zero-order chi connectivity index (χ0) is 19.9. The van der Waals surface area contributed by atoms with Crippen LogP contribution in [-0.4, -0.2) is 50.7 Å². The zero-order valence-electron chi connectivity index (χ0n) is 15.6. The monoisotopic (exact) mass is 384 g/mol. The Morgan fingerprint density at radius 2 is 1.82 bits per heavy atom. The maximum atomic E-state index is 12.4. The summed E-state index contributed by atoms with van der Waals surface area (Å²) in [6, 6.07) is 11.5. The lowest BCUT2D eigenvalue weighted by atomic mass is 9.95. The van der Waals surface area contributed by atoms with Crippen molar-refractivity contribution in [3.05, 3.63) is 48.2 Å². The van der Waals surface area contributed by atoms with Gasteiger partial charge in [-0.2, -0.15) is 5.10 Å². The highest BCUT2D eigenvalue weighted by Gasteiger charge is 2.27. The van der Waals surface area contributed by atoms with Crippen molar-refractivity contribution in [2.45, 2.75) is 32.2 Å². The Morgan fingerprint density at radius 3 is 2.50 bits per heavy atom. The number of carbonyl (C=O) groups excluding carboxylic acids is 2. The number of benzene rings is 1. The maximum Gasteiger partial charge on any atom is 0.325 e. The molecule has 28 heavy (non-hydrogen) atoms. The van der Waals surface area contributed by atoms with Gasteiger partial charge in [0.2, 0.25) is 11.8 Å². The predicted molar refractivity (Wildman–Crippen MR) is 103 cm³/mol. The summed E-state index contributed by atoms with van der Waals surface area (Å²) in [5, 5.41) is 15.5. The van der Waals surface area contributed by atoms with Gasteiger partial charge in [-0.15, -0.1) is 0 Å². The lowest BCUT2D eigenvalue weighted by Crippen LogP contribution is -2.41. The minimum Gasteiger partial charge on any atom is -0.480 e. The number of likely N-dealkylation sites (tertiary alicyclic amines) is 1. The molecule has 0 radical (unpaired) electrons. The normalized spacial score (nSPS) is 14.6. The molecule has 8 heteroatoms.